The second-order valence-corrected chi connectivity index (χ2v) is 6.80. The summed E-state index contributed by atoms with van der Waals surface area (Å²) in [4.78, 5) is 29.8. The molecule has 0 saturated carbocycles. The van der Waals surface area contributed by atoms with Crippen LogP contribution in [-0.2, 0) is 9.53 Å². The van der Waals surface area contributed by atoms with E-state index < -0.39 is 0 Å². The minimum absolute atomic E-state index is 0.0218. The van der Waals surface area contributed by atoms with Crippen molar-refractivity contribution in [3.05, 3.63) is 36.8 Å². The first-order valence-corrected chi connectivity index (χ1v) is 9.41. The van der Waals surface area contributed by atoms with Crippen molar-refractivity contribution in [1.82, 2.24) is 15.0 Å². The number of anilines is 3. The molecule has 1 N–H and O–H groups in total. The first-order valence-electron chi connectivity index (χ1n) is 9.41. The van der Waals surface area contributed by atoms with Gasteiger partial charge in [0, 0.05) is 57.7 Å². The molecular weight excluding hydrogens is 344 g/mol. The molecule has 0 aromatic carbocycles. The Balaban J connectivity index is 1.31. The monoisotopic (exact) mass is 368 g/mol. The van der Waals surface area contributed by atoms with E-state index in [9.17, 15) is 4.79 Å². The average molecular weight is 368 g/mol. The van der Waals surface area contributed by atoms with E-state index in [4.69, 9.17) is 4.74 Å². The van der Waals surface area contributed by atoms with E-state index in [1.807, 2.05) is 24.4 Å². The summed E-state index contributed by atoms with van der Waals surface area (Å²) in [6.45, 7) is 4.81. The van der Waals surface area contributed by atoms with Crippen LogP contribution in [0.15, 0.2) is 36.8 Å². The van der Waals surface area contributed by atoms with E-state index in [2.05, 4.69) is 30.1 Å². The molecule has 2 saturated heterocycles. The number of aromatic nitrogens is 3. The molecule has 8 heteroatoms. The fourth-order valence-corrected chi connectivity index (χ4v) is 3.45. The van der Waals surface area contributed by atoms with Crippen molar-refractivity contribution >= 4 is 23.4 Å². The van der Waals surface area contributed by atoms with Gasteiger partial charge < -0.3 is 19.9 Å². The number of carbonyl (C=O) groups is 1. The van der Waals surface area contributed by atoms with Crippen LogP contribution in [-0.4, -0.2) is 60.3 Å². The van der Waals surface area contributed by atoms with Crippen molar-refractivity contribution in [3.63, 3.8) is 0 Å². The van der Waals surface area contributed by atoms with Gasteiger partial charge in [-0.2, -0.15) is 0 Å². The van der Waals surface area contributed by atoms with E-state index in [1.165, 1.54) is 0 Å². The minimum atomic E-state index is 0.0218. The van der Waals surface area contributed by atoms with E-state index in [1.54, 1.807) is 12.4 Å². The molecule has 0 bridgehead atoms. The third-order valence-corrected chi connectivity index (χ3v) is 5.07. The lowest BCUT2D eigenvalue weighted by molar-refractivity contribution is -0.122. The molecule has 0 radical (unpaired) electrons. The SMILES string of the molecule is O=C(Nc1ccc(N2CCN(c3ncccn3)CC2)cn1)C1CCOCC1. The third kappa shape index (κ3) is 4.33. The second kappa shape index (κ2) is 8.30. The molecule has 2 aromatic heterocycles. The number of carbonyl (C=O) groups excluding carboxylic acids is 1. The predicted molar refractivity (Wildman–Crippen MR) is 103 cm³/mol. The minimum Gasteiger partial charge on any atom is -0.381 e. The fraction of sp³-hybridized carbons (Fsp3) is 0.474. The normalized spacial score (nSPS) is 18.4. The Hall–Kier alpha value is -2.74. The number of rotatable bonds is 4. The van der Waals surface area contributed by atoms with Crippen molar-refractivity contribution in [1.29, 1.82) is 0 Å². The highest BCUT2D eigenvalue weighted by Gasteiger charge is 2.22. The molecule has 0 atom stereocenters. The van der Waals surface area contributed by atoms with Crippen LogP contribution in [0, 0.1) is 5.92 Å². The molecule has 142 valence electrons. The van der Waals surface area contributed by atoms with Crippen molar-refractivity contribution in [2.24, 2.45) is 5.92 Å². The molecule has 27 heavy (non-hydrogen) atoms. The maximum absolute atomic E-state index is 12.3. The van der Waals surface area contributed by atoms with Crippen LogP contribution in [0.3, 0.4) is 0 Å². The molecule has 0 spiro atoms. The highest BCUT2D eigenvalue weighted by Crippen LogP contribution is 2.20. The maximum atomic E-state index is 12.3. The fourth-order valence-electron chi connectivity index (χ4n) is 3.45. The van der Waals surface area contributed by atoms with Gasteiger partial charge >= 0.3 is 0 Å². The van der Waals surface area contributed by atoms with E-state index in [0.29, 0.717) is 19.0 Å². The Bertz CT molecular complexity index is 741. The summed E-state index contributed by atoms with van der Waals surface area (Å²) in [6, 6.07) is 5.72. The Kier molecular flexibility index (Phi) is 5.43. The number of nitrogens with one attached hydrogen (secondary N) is 1. The van der Waals surface area contributed by atoms with Gasteiger partial charge in [0.25, 0.3) is 0 Å². The largest absolute Gasteiger partial charge is 0.381 e. The molecule has 4 heterocycles. The summed E-state index contributed by atoms with van der Waals surface area (Å²) in [5.74, 6) is 1.44. The number of nitrogens with zero attached hydrogens (tertiary/aromatic N) is 5. The number of hydrogen-bond donors (Lipinski definition) is 1. The Morgan fingerprint density at radius 2 is 1.70 bits per heavy atom. The smallest absolute Gasteiger partial charge is 0.228 e. The lowest BCUT2D eigenvalue weighted by atomic mass is 9.99. The Morgan fingerprint density at radius 1 is 1.00 bits per heavy atom. The quantitative estimate of drug-likeness (QED) is 0.877. The van der Waals surface area contributed by atoms with Crippen molar-refractivity contribution in [2.45, 2.75) is 12.8 Å². The van der Waals surface area contributed by atoms with Gasteiger partial charge in [-0.05, 0) is 31.0 Å². The van der Waals surface area contributed by atoms with Gasteiger partial charge in [0.1, 0.15) is 5.82 Å². The summed E-state index contributed by atoms with van der Waals surface area (Å²) in [5, 5.41) is 2.92. The highest BCUT2D eigenvalue weighted by atomic mass is 16.5. The number of ether oxygens (including phenoxy) is 1. The molecule has 8 nitrogen and oxygen atoms in total. The molecule has 1 amide bonds. The standard InChI is InChI=1S/C19H24N6O2/c26-18(15-4-12-27-13-5-15)23-17-3-2-16(14-22-17)24-8-10-25(11-9-24)19-20-6-1-7-21-19/h1-3,6-7,14-15H,4-5,8-13H2,(H,22,23,26). The van der Waals surface area contributed by atoms with Crippen LogP contribution in [0.1, 0.15) is 12.8 Å². The van der Waals surface area contributed by atoms with Gasteiger partial charge in [-0.15, -0.1) is 0 Å². The lowest BCUT2D eigenvalue weighted by Crippen LogP contribution is -2.47. The van der Waals surface area contributed by atoms with Gasteiger partial charge in [0.15, 0.2) is 0 Å². The molecule has 2 fully saturated rings. The van der Waals surface area contributed by atoms with E-state index in [-0.39, 0.29) is 11.8 Å². The average Bonchev–Trinajstić information content (AvgIpc) is 2.76. The number of piperazine rings is 1. The first-order chi connectivity index (χ1) is 13.3. The van der Waals surface area contributed by atoms with E-state index >= 15 is 0 Å². The summed E-state index contributed by atoms with van der Waals surface area (Å²) in [6.07, 6.45) is 6.92. The summed E-state index contributed by atoms with van der Waals surface area (Å²) in [5.41, 5.74) is 1.06. The van der Waals surface area contributed by atoms with Crippen LogP contribution < -0.4 is 15.1 Å². The highest BCUT2D eigenvalue weighted by molar-refractivity contribution is 5.91. The van der Waals surface area contributed by atoms with Gasteiger partial charge in [0.2, 0.25) is 11.9 Å². The lowest BCUT2D eigenvalue weighted by Gasteiger charge is -2.35. The number of hydrogen-bond acceptors (Lipinski definition) is 7. The molecule has 0 aliphatic carbocycles. The Labute approximate surface area is 158 Å². The van der Waals surface area contributed by atoms with Crippen LogP contribution in [0.2, 0.25) is 0 Å². The van der Waals surface area contributed by atoms with Gasteiger partial charge in [-0.25, -0.2) is 15.0 Å². The third-order valence-electron chi connectivity index (χ3n) is 5.07. The molecule has 2 aliphatic rings. The molecule has 0 unspecified atom stereocenters. The summed E-state index contributed by atoms with van der Waals surface area (Å²) in [7, 11) is 0. The zero-order valence-corrected chi connectivity index (χ0v) is 15.3. The van der Waals surface area contributed by atoms with Gasteiger partial charge in [-0.3, -0.25) is 4.79 Å². The number of amides is 1. The molecule has 4 rings (SSSR count). The summed E-state index contributed by atoms with van der Waals surface area (Å²) >= 11 is 0. The molecule has 2 aromatic rings. The van der Waals surface area contributed by atoms with Crippen molar-refractivity contribution in [3.8, 4) is 0 Å². The van der Waals surface area contributed by atoms with Gasteiger partial charge in [0.05, 0.1) is 11.9 Å². The summed E-state index contributed by atoms with van der Waals surface area (Å²) < 4.78 is 5.31. The van der Waals surface area contributed by atoms with Gasteiger partial charge in [-0.1, -0.05) is 0 Å². The zero-order chi connectivity index (χ0) is 18.5. The second-order valence-electron chi connectivity index (χ2n) is 6.80. The van der Waals surface area contributed by atoms with Crippen LogP contribution >= 0.6 is 0 Å². The molecular formula is C19H24N6O2. The van der Waals surface area contributed by atoms with Crippen LogP contribution in [0.4, 0.5) is 17.5 Å². The first kappa shape index (κ1) is 17.7. The van der Waals surface area contributed by atoms with Crippen molar-refractivity contribution in [2.75, 3.05) is 54.5 Å². The Morgan fingerprint density at radius 3 is 2.37 bits per heavy atom. The van der Waals surface area contributed by atoms with Crippen LogP contribution in [0.25, 0.3) is 0 Å². The zero-order valence-electron chi connectivity index (χ0n) is 15.3. The van der Waals surface area contributed by atoms with Crippen LogP contribution in [0.5, 0.6) is 0 Å². The van der Waals surface area contributed by atoms with E-state index in [0.717, 1.165) is 50.7 Å². The van der Waals surface area contributed by atoms with Crippen molar-refractivity contribution < 1.29 is 9.53 Å². The maximum Gasteiger partial charge on any atom is 0.228 e. The number of pyridine rings is 1. The predicted octanol–water partition coefficient (Wildman–Crippen LogP) is 1.56. The molecule has 2 aliphatic heterocycles. The topological polar surface area (TPSA) is 83.5 Å².